The van der Waals surface area contributed by atoms with Crippen LogP contribution in [0.5, 0.6) is 0 Å². The second-order valence-electron chi connectivity index (χ2n) is 10.0. The Kier molecular flexibility index (Phi) is 7.18. The third-order valence-corrected chi connectivity index (χ3v) is 6.85. The number of aliphatic hydroxyl groups excluding tert-OH is 1. The van der Waals surface area contributed by atoms with E-state index in [1.54, 1.807) is 11.3 Å². The summed E-state index contributed by atoms with van der Waals surface area (Å²) >= 11 is 1.77. The van der Waals surface area contributed by atoms with Crippen LogP contribution >= 0.6 is 11.3 Å². The smallest absolute Gasteiger partial charge is 0.217 e. The Morgan fingerprint density at radius 1 is 1.19 bits per heavy atom. The minimum Gasteiger partial charge on any atom is -0.385 e. The summed E-state index contributed by atoms with van der Waals surface area (Å²) in [5.74, 6) is -1.62. The van der Waals surface area contributed by atoms with E-state index in [-0.39, 0.29) is 23.3 Å². The average molecular weight is 452 g/mol. The molecule has 7 heteroatoms. The first kappa shape index (κ1) is 23.8. The maximum Gasteiger partial charge on any atom is 0.217 e. The molecular weight excluding hydrogens is 418 g/mol. The maximum atomic E-state index is 13.6. The van der Waals surface area contributed by atoms with Gasteiger partial charge in [0.05, 0.1) is 10.9 Å². The number of hydrogen-bond donors (Lipinski definition) is 3. The van der Waals surface area contributed by atoms with Crippen LogP contribution in [0, 0.1) is 17.0 Å². The summed E-state index contributed by atoms with van der Waals surface area (Å²) in [6.45, 7) is 8.46. The maximum absolute atomic E-state index is 13.6. The Morgan fingerprint density at radius 3 is 2.39 bits per heavy atom. The Labute approximate surface area is 187 Å². The van der Waals surface area contributed by atoms with E-state index in [1.807, 2.05) is 0 Å². The predicted octanol–water partition coefficient (Wildman–Crippen LogP) is 3.28. The lowest BCUT2D eigenvalue weighted by atomic mass is 9.89. The van der Waals surface area contributed by atoms with Crippen LogP contribution in [0.3, 0.4) is 0 Å². The highest BCUT2D eigenvalue weighted by Crippen LogP contribution is 2.44. The third kappa shape index (κ3) is 6.82. The fourth-order valence-electron chi connectivity index (χ4n) is 4.07. The van der Waals surface area contributed by atoms with Crippen molar-refractivity contribution in [3.8, 4) is 0 Å². The number of nitrogens with two attached hydrogens (primary N) is 1. The summed E-state index contributed by atoms with van der Waals surface area (Å²) in [7, 11) is 0. The third-order valence-electron chi connectivity index (χ3n) is 5.65. The van der Waals surface area contributed by atoms with Crippen molar-refractivity contribution in [2.24, 2.45) is 5.41 Å². The number of quaternary nitrogens is 1. The largest absolute Gasteiger partial charge is 0.385 e. The molecule has 0 bridgehead atoms. The molecular formula is C24H33F2N2O2S+. The molecule has 31 heavy (non-hydrogen) atoms. The molecule has 170 valence electrons. The van der Waals surface area contributed by atoms with Gasteiger partial charge in [-0.2, -0.15) is 0 Å². The summed E-state index contributed by atoms with van der Waals surface area (Å²) in [5, 5.41) is 17.9. The van der Waals surface area contributed by atoms with Gasteiger partial charge in [-0.25, -0.2) is 8.78 Å². The van der Waals surface area contributed by atoms with Gasteiger partial charge in [-0.3, -0.25) is 4.79 Å². The number of thiophene rings is 1. The van der Waals surface area contributed by atoms with E-state index in [1.165, 1.54) is 29.5 Å². The van der Waals surface area contributed by atoms with E-state index in [9.17, 15) is 18.7 Å². The number of rotatable bonds is 9. The predicted molar refractivity (Wildman–Crippen MR) is 119 cm³/mol. The monoisotopic (exact) mass is 451 g/mol. The lowest BCUT2D eigenvalue weighted by Gasteiger charge is -2.24. The molecule has 3 rings (SSSR count). The number of nitrogens with one attached hydrogen (secondary N) is 1. The SMILES string of the molecule is CC(=O)N[C@@H](Cc1cc(F)cc(F)c1)[C@H](O)C[NH2+]C1(c2cc(CC(C)(C)C)cs2)CC1. The normalized spacial score (nSPS) is 17.3. The zero-order valence-electron chi connectivity index (χ0n) is 18.7. The van der Waals surface area contributed by atoms with Gasteiger partial charge in [-0.05, 0) is 53.0 Å². The second-order valence-corrected chi connectivity index (χ2v) is 10.9. The standard InChI is InChI=1S/C24H32F2N2O2S/c1-15(29)28-20(9-16-7-18(25)11-19(26)8-16)21(30)13-27-24(5-6-24)22-10-17(14-31-22)12-23(2,3)4/h7-8,10-11,14,20-21,27,30H,5-6,9,12-13H2,1-4H3,(H,28,29)/p+1/t20-,21+/m0/s1. The van der Waals surface area contributed by atoms with Crippen LogP contribution in [-0.4, -0.2) is 29.7 Å². The first-order chi connectivity index (χ1) is 14.5. The van der Waals surface area contributed by atoms with Crippen LogP contribution in [0.25, 0.3) is 0 Å². The van der Waals surface area contributed by atoms with E-state index < -0.39 is 23.8 Å². The summed E-state index contributed by atoms with van der Waals surface area (Å²) in [5.41, 5.74) is 1.98. The summed E-state index contributed by atoms with van der Waals surface area (Å²) in [4.78, 5) is 13.0. The van der Waals surface area contributed by atoms with Crippen LogP contribution in [0.4, 0.5) is 8.78 Å². The lowest BCUT2D eigenvalue weighted by Crippen LogP contribution is -2.92. The number of aliphatic hydroxyl groups is 1. The highest BCUT2D eigenvalue weighted by Gasteiger charge is 2.50. The molecule has 0 radical (unpaired) electrons. The molecule has 2 aromatic rings. The van der Waals surface area contributed by atoms with Gasteiger partial charge in [0.1, 0.15) is 29.8 Å². The first-order valence-electron chi connectivity index (χ1n) is 10.8. The van der Waals surface area contributed by atoms with E-state index in [0.29, 0.717) is 12.1 Å². The Morgan fingerprint density at radius 2 is 1.84 bits per heavy atom. The zero-order valence-corrected chi connectivity index (χ0v) is 19.5. The molecule has 1 saturated carbocycles. The van der Waals surface area contributed by atoms with Crippen molar-refractivity contribution in [2.45, 2.75) is 71.1 Å². The number of amides is 1. The van der Waals surface area contributed by atoms with E-state index in [4.69, 9.17) is 0 Å². The van der Waals surface area contributed by atoms with Gasteiger partial charge in [0.25, 0.3) is 0 Å². The van der Waals surface area contributed by atoms with Gasteiger partial charge in [0.2, 0.25) is 5.91 Å². The fourth-order valence-corrected chi connectivity index (χ4v) is 5.24. The minimum absolute atomic E-state index is 0.00643. The van der Waals surface area contributed by atoms with Crippen molar-refractivity contribution in [1.82, 2.24) is 5.32 Å². The number of halogens is 2. The summed E-state index contributed by atoms with van der Waals surface area (Å²) in [6, 6.07) is 4.95. The van der Waals surface area contributed by atoms with Crippen LogP contribution < -0.4 is 10.6 Å². The van der Waals surface area contributed by atoms with Crippen molar-refractivity contribution in [1.29, 1.82) is 0 Å². The second kappa shape index (κ2) is 9.35. The minimum atomic E-state index is -0.846. The Hall–Kier alpha value is -1.83. The summed E-state index contributed by atoms with van der Waals surface area (Å²) < 4.78 is 27.1. The number of benzene rings is 1. The van der Waals surface area contributed by atoms with E-state index >= 15 is 0 Å². The molecule has 1 aliphatic rings. The van der Waals surface area contributed by atoms with Crippen molar-refractivity contribution in [3.63, 3.8) is 0 Å². The van der Waals surface area contributed by atoms with Gasteiger partial charge >= 0.3 is 0 Å². The molecule has 1 aromatic carbocycles. The molecule has 1 fully saturated rings. The van der Waals surface area contributed by atoms with Gasteiger partial charge in [0, 0.05) is 25.8 Å². The molecule has 4 nitrogen and oxygen atoms in total. The van der Waals surface area contributed by atoms with Crippen LogP contribution in [-0.2, 0) is 23.2 Å². The molecule has 2 atom stereocenters. The highest BCUT2D eigenvalue weighted by atomic mass is 32.1. The molecule has 1 aliphatic carbocycles. The van der Waals surface area contributed by atoms with Gasteiger partial charge in [-0.15, -0.1) is 11.3 Å². The van der Waals surface area contributed by atoms with Crippen LogP contribution in [0.15, 0.2) is 29.6 Å². The Bertz CT molecular complexity index is 898. The summed E-state index contributed by atoms with van der Waals surface area (Å²) in [6.07, 6.45) is 2.44. The molecule has 1 aromatic heterocycles. The first-order valence-corrected chi connectivity index (χ1v) is 11.7. The number of carbonyl (C=O) groups is 1. The quantitative estimate of drug-likeness (QED) is 0.548. The van der Waals surface area contributed by atoms with Crippen molar-refractivity contribution in [3.05, 3.63) is 57.3 Å². The van der Waals surface area contributed by atoms with Gasteiger partial charge < -0.3 is 15.7 Å². The zero-order chi connectivity index (χ0) is 22.8. The van der Waals surface area contributed by atoms with E-state index in [0.717, 1.165) is 25.3 Å². The molecule has 0 aliphatic heterocycles. The fraction of sp³-hybridized carbons (Fsp3) is 0.542. The van der Waals surface area contributed by atoms with E-state index in [2.05, 4.69) is 42.9 Å². The molecule has 0 spiro atoms. The van der Waals surface area contributed by atoms with Crippen molar-refractivity contribution < 1.29 is 24.0 Å². The molecule has 0 unspecified atom stereocenters. The Balaban J connectivity index is 1.65. The number of carbonyl (C=O) groups excluding carboxylic acids is 1. The number of hydrogen-bond acceptors (Lipinski definition) is 3. The van der Waals surface area contributed by atoms with Gasteiger partial charge in [-0.1, -0.05) is 20.8 Å². The van der Waals surface area contributed by atoms with Crippen molar-refractivity contribution >= 4 is 17.2 Å². The molecule has 1 heterocycles. The van der Waals surface area contributed by atoms with Gasteiger partial charge in [0.15, 0.2) is 0 Å². The topological polar surface area (TPSA) is 65.9 Å². The molecule has 0 saturated heterocycles. The highest BCUT2D eigenvalue weighted by molar-refractivity contribution is 7.10. The van der Waals surface area contributed by atoms with Crippen molar-refractivity contribution in [2.75, 3.05) is 6.54 Å². The molecule has 4 N–H and O–H groups in total. The average Bonchev–Trinajstić information content (AvgIpc) is 3.28. The molecule has 1 amide bonds. The van der Waals surface area contributed by atoms with Crippen LogP contribution in [0.1, 0.15) is 56.5 Å². The van der Waals surface area contributed by atoms with Crippen LogP contribution in [0.2, 0.25) is 0 Å². The lowest BCUT2D eigenvalue weighted by molar-refractivity contribution is -0.716.